The van der Waals surface area contributed by atoms with Crippen molar-refractivity contribution in [2.75, 3.05) is 7.11 Å². The summed E-state index contributed by atoms with van der Waals surface area (Å²) >= 11 is 4.94. The standard InChI is InChI=1S/C19H17BrN4O2S/c1-9-6-5-7-13(10(9)2)24-19(25)17-16(22-23-24)14-12(8-26-4)15(20)11(3)21-18(14)27-17/h5-7H,8H2,1-4H3. The van der Waals surface area contributed by atoms with Gasteiger partial charge < -0.3 is 4.74 Å². The second-order valence-electron chi connectivity index (χ2n) is 6.41. The van der Waals surface area contributed by atoms with E-state index >= 15 is 0 Å². The number of nitrogens with zero attached hydrogens (tertiary/aromatic N) is 4. The minimum absolute atomic E-state index is 0.186. The number of hydrogen-bond acceptors (Lipinski definition) is 6. The van der Waals surface area contributed by atoms with Crippen molar-refractivity contribution in [3.8, 4) is 5.69 Å². The number of methoxy groups -OCH3 is 1. The molecule has 0 N–H and O–H groups in total. The molecule has 0 unspecified atom stereocenters. The predicted octanol–water partition coefficient (Wildman–Crippen LogP) is 4.22. The molecule has 138 valence electrons. The van der Waals surface area contributed by atoms with Gasteiger partial charge in [0.15, 0.2) is 0 Å². The first-order valence-electron chi connectivity index (χ1n) is 8.36. The Kier molecular flexibility index (Phi) is 4.57. The molecular weight excluding hydrogens is 428 g/mol. The summed E-state index contributed by atoms with van der Waals surface area (Å²) in [6.45, 7) is 6.31. The van der Waals surface area contributed by atoms with Crippen molar-refractivity contribution in [3.63, 3.8) is 0 Å². The molecule has 0 amide bonds. The van der Waals surface area contributed by atoms with Gasteiger partial charge in [-0.05, 0) is 53.9 Å². The molecule has 0 aliphatic heterocycles. The van der Waals surface area contributed by atoms with E-state index in [0.29, 0.717) is 16.8 Å². The molecule has 6 nitrogen and oxygen atoms in total. The zero-order chi connectivity index (χ0) is 19.3. The van der Waals surface area contributed by atoms with Crippen molar-refractivity contribution in [1.29, 1.82) is 0 Å². The largest absolute Gasteiger partial charge is 0.380 e. The Hall–Kier alpha value is -2.16. The lowest BCUT2D eigenvalue weighted by Gasteiger charge is -2.09. The van der Waals surface area contributed by atoms with Crippen molar-refractivity contribution >= 4 is 47.7 Å². The lowest BCUT2D eigenvalue weighted by molar-refractivity contribution is 0.185. The topological polar surface area (TPSA) is 69.9 Å². The first-order valence-corrected chi connectivity index (χ1v) is 9.97. The van der Waals surface area contributed by atoms with Gasteiger partial charge in [-0.25, -0.2) is 4.98 Å². The van der Waals surface area contributed by atoms with Gasteiger partial charge in [0, 0.05) is 22.5 Å². The number of benzene rings is 1. The molecular formula is C19H17BrN4O2S. The van der Waals surface area contributed by atoms with Gasteiger partial charge in [0.05, 0.1) is 18.0 Å². The van der Waals surface area contributed by atoms with Gasteiger partial charge in [-0.3, -0.25) is 4.79 Å². The van der Waals surface area contributed by atoms with Crippen LogP contribution in [0.2, 0.25) is 0 Å². The minimum atomic E-state index is -0.186. The number of hydrogen-bond donors (Lipinski definition) is 0. The summed E-state index contributed by atoms with van der Waals surface area (Å²) in [5.41, 5.74) is 5.02. The molecule has 4 aromatic rings. The third-order valence-corrected chi connectivity index (χ3v) is 6.85. The maximum Gasteiger partial charge on any atom is 0.292 e. The van der Waals surface area contributed by atoms with Crippen LogP contribution in [0.15, 0.2) is 27.5 Å². The number of halogens is 1. The van der Waals surface area contributed by atoms with Crippen LogP contribution >= 0.6 is 27.3 Å². The quantitative estimate of drug-likeness (QED) is 0.472. The summed E-state index contributed by atoms with van der Waals surface area (Å²) < 4.78 is 8.15. The van der Waals surface area contributed by atoms with Gasteiger partial charge in [-0.15, -0.1) is 16.4 Å². The van der Waals surface area contributed by atoms with Gasteiger partial charge in [0.25, 0.3) is 5.56 Å². The summed E-state index contributed by atoms with van der Waals surface area (Å²) in [6.07, 6.45) is 0. The summed E-state index contributed by atoms with van der Waals surface area (Å²) in [7, 11) is 1.64. The molecule has 0 fully saturated rings. The first-order chi connectivity index (χ1) is 12.9. The van der Waals surface area contributed by atoms with Crippen LogP contribution in [0, 0.1) is 20.8 Å². The molecule has 0 aliphatic rings. The normalized spacial score (nSPS) is 11.6. The van der Waals surface area contributed by atoms with Crippen LogP contribution in [-0.2, 0) is 11.3 Å². The van der Waals surface area contributed by atoms with Gasteiger partial charge in [0.2, 0.25) is 0 Å². The zero-order valence-corrected chi connectivity index (χ0v) is 17.7. The van der Waals surface area contributed by atoms with E-state index in [-0.39, 0.29) is 5.56 Å². The fraction of sp³-hybridized carbons (Fsp3) is 0.263. The molecule has 0 spiro atoms. The summed E-state index contributed by atoms with van der Waals surface area (Å²) in [6, 6.07) is 5.81. The Bertz CT molecular complexity index is 1260. The Labute approximate surface area is 167 Å². The van der Waals surface area contributed by atoms with Crippen molar-refractivity contribution < 1.29 is 4.74 Å². The Morgan fingerprint density at radius 2 is 2.04 bits per heavy atom. The van der Waals surface area contributed by atoms with E-state index in [1.165, 1.54) is 16.0 Å². The van der Waals surface area contributed by atoms with E-state index in [1.54, 1.807) is 7.11 Å². The second-order valence-corrected chi connectivity index (χ2v) is 8.20. The van der Waals surface area contributed by atoms with Crippen molar-refractivity contribution in [3.05, 3.63) is 55.4 Å². The molecule has 0 bridgehead atoms. The van der Waals surface area contributed by atoms with Crippen molar-refractivity contribution in [2.24, 2.45) is 0 Å². The maximum atomic E-state index is 13.2. The molecule has 0 saturated heterocycles. The van der Waals surface area contributed by atoms with Crippen LogP contribution in [0.4, 0.5) is 0 Å². The summed E-state index contributed by atoms with van der Waals surface area (Å²) in [5, 5.41) is 9.46. The third kappa shape index (κ3) is 2.79. The molecule has 0 saturated carbocycles. The molecule has 3 aromatic heterocycles. The average molecular weight is 445 g/mol. The number of rotatable bonds is 3. The van der Waals surface area contributed by atoms with E-state index < -0.39 is 0 Å². The monoisotopic (exact) mass is 444 g/mol. The van der Waals surface area contributed by atoms with Crippen LogP contribution in [0.3, 0.4) is 0 Å². The maximum absolute atomic E-state index is 13.2. The highest BCUT2D eigenvalue weighted by Gasteiger charge is 2.20. The molecule has 1 aromatic carbocycles. The minimum Gasteiger partial charge on any atom is -0.380 e. The molecule has 8 heteroatoms. The molecule has 4 rings (SSSR count). The van der Waals surface area contributed by atoms with Crippen molar-refractivity contribution in [2.45, 2.75) is 27.4 Å². The molecule has 0 aliphatic carbocycles. The predicted molar refractivity (Wildman–Crippen MR) is 111 cm³/mol. The Morgan fingerprint density at radius 3 is 2.78 bits per heavy atom. The lowest BCUT2D eigenvalue weighted by atomic mass is 10.1. The van der Waals surface area contributed by atoms with Gasteiger partial charge in [-0.2, -0.15) is 4.68 Å². The molecule has 0 radical (unpaired) electrons. The number of fused-ring (bicyclic) bond motifs is 3. The molecule has 3 heterocycles. The van der Waals surface area contributed by atoms with E-state index in [4.69, 9.17) is 4.74 Å². The van der Waals surface area contributed by atoms with Crippen LogP contribution in [0.5, 0.6) is 0 Å². The van der Waals surface area contributed by atoms with Crippen LogP contribution in [-0.4, -0.2) is 27.1 Å². The summed E-state index contributed by atoms with van der Waals surface area (Å²) in [5.74, 6) is 0. The van der Waals surface area contributed by atoms with E-state index in [1.807, 2.05) is 39.0 Å². The fourth-order valence-corrected chi connectivity index (χ4v) is 4.67. The van der Waals surface area contributed by atoms with Crippen molar-refractivity contribution in [1.82, 2.24) is 20.0 Å². The van der Waals surface area contributed by atoms with Gasteiger partial charge in [-0.1, -0.05) is 17.3 Å². The second kappa shape index (κ2) is 6.78. The highest BCUT2D eigenvalue weighted by atomic mass is 79.9. The smallest absolute Gasteiger partial charge is 0.292 e. The molecule has 27 heavy (non-hydrogen) atoms. The van der Waals surface area contributed by atoms with E-state index in [2.05, 4.69) is 31.2 Å². The fourth-order valence-electron chi connectivity index (χ4n) is 3.16. The van der Waals surface area contributed by atoms with E-state index in [9.17, 15) is 4.79 Å². The third-order valence-electron chi connectivity index (χ3n) is 4.73. The van der Waals surface area contributed by atoms with Crippen LogP contribution in [0.1, 0.15) is 22.4 Å². The summed E-state index contributed by atoms with van der Waals surface area (Å²) in [4.78, 5) is 18.6. The van der Waals surface area contributed by atoms with Crippen LogP contribution < -0.4 is 5.56 Å². The lowest BCUT2D eigenvalue weighted by Crippen LogP contribution is -2.22. The molecule has 0 atom stereocenters. The number of ether oxygens (including phenoxy) is 1. The van der Waals surface area contributed by atoms with Gasteiger partial charge in [0.1, 0.15) is 15.0 Å². The SMILES string of the molecule is COCc1c(Br)c(C)nc2sc3c(=O)n(-c4cccc(C)c4C)nnc3c12. The number of aromatic nitrogens is 4. The first kappa shape index (κ1) is 18.2. The zero-order valence-electron chi connectivity index (χ0n) is 15.3. The number of pyridine rings is 1. The number of aryl methyl sites for hydroxylation is 2. The van der Waals surface area contributed by atoms with E-state index in [0.717, 1.165) is 42.8 Å². The highest BCUT2D eigenvalue weighted by molar-refractivity contribution is 9.10. The average Bonchev–Trinajstić information content (AvgIpc) is 3.01. The Balaban J connectivity index is 2.08. The number of thiophene rings is 1. The van der Waals surface area contributed by atoms with Gasteiger partial charge >= 0.3 is 0 Å². The van der Waals surface area contributed by atoms with Crippen LogP contribution in [0.25, 0.3) is 26.1 Å². The highest BCUT2D eigenvalue weighted by Crippen LogP contribution is 2.36. The Morgan fingerprint density at radius 1 is 1.26 bits per heavy atom.